The average molecular weight is 443 g/mol. The molecule has 1 aromatic carbocycles. The van der Waals surface area contributed by atoms with E-state index in [2.05, 4.69) is 20.6 Å². The summed E-state index contributed by atoms with van der Waals surface area (Å²) in [5, 5.41) is 17.4. The van der Waals surface area contributed by atoms with E-state index in [0.717, 1.165) is 24.0 Å². The Morgan fingerprint density at radius 3 is 2.67 bits per heavy atom. The highest BCUT2D eigenvalue weighted by Gasteiger charge is 2.40. The standard InChI is InChI=1S/C22H20Cl2N4O2/c1-22(30,14-2-3-14)28-20-10-13(6-9-26-20)21(29)27-19-12-25-8-7-17(19)16-5-4-15(23)11-18(16)24/h4-12,14,30H,2-3H2,1H3,(H,26,28)(H,27,29). The molecule has 2 heterocycles. The van der Waals surface area contributed by atoms with E-state index in [9.17, 15) is 9.90 Å². The molecule has 2 aromatic heterocycles. The van der Waals surface area contributed by atoms with Crippen LogP contribution in [0, 0.1) is 5.92 Å². The average Bonchev–Trinajstić information content (AvgIpc) is 3.55. The summed E-state index contributed by atoms with van der Waals surface area (Å²) in [6.45, 7) is 1.72. The fourth-order valence-corrected chi connectivity index (χ4v) is 3.79. The molecule has 6 nitrogen and oxygen atoms in total. The number of nitrogens with one attached hydrogen (secondary N) is 2. The SMILES string of the molecule is CC(O)(Nc1cc(C(=O)Nc2cnccc2-c2ccc(Cl)cc2Cl)ccn1)C1CC1. The Labute approximate surface area is 184 Å². The topological polar surface area (TPSA) is 87.1 Å². The van der Waals surface area contributed by atoms with E-state index in [1.807, 2.05) is 0 Å². The van der Waals surface area contributed by atoms with Crippen LogP contribution in [0.2, 0.25) is 10.0 Å². The number of carbonyl (C=O) groups is 1. The van der Waals surface area contributed by atoms with Crippen molar-refractivity contribution in [1.82, 2.24) is 9.97 Å². The second-order valence-electron chi connectivity index (χ2n) is 7.48. The first kappa shape index (κ1) is 20.6. The van der Waals surface area contributed by atoms with E-state index in [1.54, 1.807) is 55.7 Å². The minimum Gasteiger partial charge on any atom is -0.371 e. The summed E-state index contributed by atoms with van der Waals surface area (Å²) >= 11 is 12.3. The van der Waals surface area contributed by atoms with E-state index >= 15 is 0 Å². The fourth-order valence-electron chi connectivity index (χ4n) is 3.28. The lowest BCUT2D eigenvalue weighted by atomic mass is 10.1. The monoisotopic (exact) mass is 442 g/mol. The molecule has 0 spiro atoms. The number of hydrogen-bond donors (Lipinski definition) is 3. The molecule has 4 rings (SSSR count). The van der Waals surface area contributed by atoms with Crippen molar-refractivity contribution in [2.24, 2.45) is 5.92 Å². The number of rotatable bonds is 6. The maximum Gasteiger partial charge on any atom is 0.255 e. The van der Waals surface area contributed by atoms with E-state index in [1.165, 1.54) is 6.20 Å². The number of amides is 1. The summed E-state index contributed by atoms with van der Waals surface area (Å²) in [6.07, 6.45) is 6.66. The van der Waals surface area contributed by atoms with Crippen LogP contribution in [0.25, 0.3) is 11.1 Å². The number of pyridine rings is 2. The second kappa shape index (κ2) is 8.22. The minimum atomic E-state index is -1.05. The van der Waals surface area contributed by atoms with Gasteiger partial charge in [-0.2, -0.15) is 0 Å². The van der Waals surface area contributed by atoms with E-state index in [-0.39, 0.29) is 11.8 Å². The smallest absolute Gasteiger partial charge is 0.255 e. The first-order valence-electron chi connectivity index (χ1n) is 9.51. The number of nitrogens with zero attached hydrogens (tertiary/aromatic N) is 2. The van der Waals surface area contributed by atoms with Crippen LogP contribution in [0.15, 0.2) is 55.0 Å². The summed E-state index contributed by atoms with van der Waals surface area (Å²) in [6, 6.07) is 10.2. The van der Waals surface area contributed by atoms with Gasteiger partial charge in [0.1, 0.15) is 11.5 Å². The molecule has 1 fully saturated rings. The van der Waals surface area contributed by atoms with Gasteiger partial charge in [0.2, 0.25) is 0 Å². The van der Waals surface area contributed by atoms with Gasteiger partial charge in [-0.1, -0.05) is 29.3 Å². The van der Waals surface area contributed by atoms with Crippen molar-refractivity contribution in [1.29, 1.82) is 0 Å². The van der Waals surface area contributed by atoms with Gasteiger partial charge in [-0.3, -0.25) is 9.78 Å². The molecular weight excluding hydrogens is 423 g/mol. The molecule has 1 amide bonds. The molecule has 1 saturated carbocycles. The van der Waals surface area contributed by atoms with Crippen LogP contribution in [0.3, 0.4) is 0 Å². The van der Waals surface area contributed by atoms with Crippen LogP contribution < -0.4 is 10.6 Å². The zero-order valence-corrected chi connectivity index (χ0v) is 17.7. The Kier molecular flexibility index (Phi) is 5.64. The third-order valence-electron chi connectivity index (χ3n) is 5.07. The molecule has 3 aromatic rings. The molecule has 8 heteroatoms. The van der Waals surface area contributed by atoms with Gasteiger partial charge in [-0.05, 0) is 50.1 Å². The van der Waals surface area contributed by atoms with Crippen molar-refractivity contribution in [3.05, 3.63) is 70.6 Å². The van der Waals surface area contributed by atoms with Gasteiger partial charge in [0.15, 0.2) is 0 Å². The largest absolute Gasteiger partial charge is 0.371 e. The van der Waals surface area contributed by atoms with Crippen molar-refractivity contribution >= 4 is 40.6 Å². The molecule has 3 N–H and O–H groups in total. The molecule has 0 bridgehead atoms. The van der Waals surface area contributed by atoms with Gasteiger partial charge in [0.05, 0.1) is 11.9 Å². The molecule has 0 aliphatic heterocycles. The van der Waals surface area contributed by atoms with Crippen molar-refractivity contribution in [3.63, 3.8) is 0 Å². The van der Waals surface area contributed by atoms with E-state index < -0.39 is 5.72 Å². The summed E-state index contributed by atoms with van der Waals surface area (Å²) in [5.74, 6) is 0.302. The molecular formula is C22H20Cl2N4O2. The Balaban J connectivity index is 1.57. The molecule has 154 valence electrons. The highest BCUT2D eigenvalue weighted by Crippen LogP contribution is 2.39. The molecule has 0 saturated heterocycles. The van der Waals surface area contributed by atoms with Crippen LogP contribution in [-0.4, -0.2) is 26.7 Å². The number of halogens is 2. The minimum absolute atomic E-state index is 0.193. The molecule has 1 atom stereocenters. The van der Waals surface area contributed by atoms with E-state index in [0.29, 0.717) is 27.1 Å². The van der Waals surface area contributed by atoms with Gasteiger partial charge < -0.3 is 15.7 Å². The lowest BCUT2D eigenvalue weighted by Gasteiger charge is -2.25. The van der Waals surface area contributed by atoms with Gasteiger partial charge in [0.25, 0.3) is 5.91 Å². The van der Waals surface area contributed by atoms with Crippen molar-refractivity contribution < 1.29 is 9.90 Å². The number of benzene rings is 1. The quantitative estimate of drug-likeness (QED) is 0.454. The Bertz CT molecular complexity index is 1100. The molecule has 1 unspecified atom stereocenters. The zero-order valence-electron chi connectivity index (χ0n) is 16.2. The number of hydrogen-bond acceptors (Lipinski definition) is 5. The number of carbonyl (C=O) groups excluding carboxylic acids is 1. The first-order valence-corrected chi connectivity index (χ1v) is 10.3. The van der Waals surface area contributed by atoms with Crippen molar-refractivity contribution in [2.75, 3.05) is 10.6 Å². The van der Waals surface area contributed by atoms with Crippen molar-refractivity contribution in [2.45, 2.75) is 25.5 Å². The van der Waals surface area contributed by atoms with E-state index in [4.69, 9.17) is 23.2 Å². The second-order valence-corrected chi connectivity index (χ2v) is 8.32. The summed E-state index contributed by atoms with van der Waals surface area (Å²) in [7, 11) is 0. The number of aromatic nitrogens is 2. The first-order chi connectivity index (χ1) is 14.3. The van der Waals surface area contributed by atoms with Crippen LogP contribution in [0.5, 0.6) is 0 Å². The van der Waals surface area contributed by atoms with Gasteiger partial charge in [-0.15, -0.1) is 0 Å². The van der Waals surface area contributed by atoms with Crippen LogP contribution in [-0.2, 0) is 0 Å². The van der Waals surface area contributed by atoms with Gasteiger partial charge in [-0.25, -0.2) is 4.98 Å². The predicted molar refractivity (Wildman–Crippen MR) is 119 cm³/mol. The summed E-state index contributed by atoms with van der Waals surface area (Å²) in [4.78, 5) is 21.2. The lowest BCUT2D eigenvalue weighted by Crippen LogP contribution is -2.37. The highest BCUT2D eigenvalue weighted by atomic mass is 35.5. The summed E-state index contributed by atoms with van der Waals surface area (Å²) in [5.41, 5.74) is 1.32. The van der Waals surface area contributed by atoms with Crippen molar-refractivity contribution in [3.8, 4) is 11.1 Å². The third-order valence-corrected chi connectivity index (χ3v) is 5.61. The predicted octanol–water partition coefficient (Wildman–Crippen LogP) is 5.23. The zero-order chi connectivity index (χ0) is 21.3. The van der Waals surface area contributed by atoms with Crippen LogP contribution in [0.4, 0.5) is 11.5 Å². The Hall–Kier alpha value is -2.67. The molecule has 0 radical (unpaired) electrons. The highest BCUT2D eigenvalue weighted by molar-refractivity contribution is 6.36. The number of anilines is 2. The fraction of sp³-hybridized carbons (Fsp3) is 0.227. The molecule has 30 heavy (non-hydrogen) atoms. The van der Waals surface area contributed by atoms with Gasteiger partial charge in [0, 0.05) is 45.0 Å². The van der Waals surface area contributed by atoms with Crippen LogP contribution in [0.1, 0.15) is 30.1 Å². The molecule has 1 aliphatic carbocycles. The maximum absolute atomic E-state index is 12.9. The lowest BCUT2D eigenvalue weighted by molar-refractivity contribution is 0.0661. The van der Waals surface area contributed by atoms with Crippen LogP contribution >= 0.6 is 23.2 Å². The number of aliphatic hydroxyl groups is 1. The normalized spacial score (nSPS) is 15.3. The van der Waals surface area contributed by atoms with Gasteiger partial charge >= 0.3 is 0 Å². The Morgan fingerprint density at radius 2 is 1.93 bits per heavy atom. The Morgan fingerprint density at radius 1 is 1.13 bits per heavy atom. The maximum atomic E-state index is 12.9. The third kappa shape index (κ3) is 4.56. The summed E-state index contributed by atoms with van der Waals surface area (Å²) < 4.78 is 0. The molecule has 1 aliphatic rings.